The third-order valence-electron chi connectivity index (χ3n) is 3.21. The van der Waals surface area contributed by atoms with Gasteiger partial charge in [0.25, 0.3) is 0 Å². The molecule has 1 heteroatoms. The van der Waals surface area contributed by atoms with Crippen molar-refractivity contribution in [2.45, 2.75) is 59.0 Å². The summed E-state index contributed by atoms with van der Waals surface area (Å²) in [5, 5.41) is 9.83. The molecule has 0 aromatic rings. The molecule has 2 unspecified atom stereocenters. The molecule has 0 heterocycles. The first kappa shape index (κ1) is 10.8. The van der Waals surface area contributed by atoms with Gasteiger partial charge in [-0.1, -0.05) is 32.8 Å². The highest BCUT2D eigenvalue weighted by Gasteiger charge is 2.29. The predicted molar refractivity (Wildman–Crippen MR) is 56.6 cm³/mol. The molecule has 0 saturated heterocycles. The molecule has 0 aliphatic heterocycles. The van der Waals surface area contributed by atoms with E-state index in [0.29, 0.717) is 5.92 Å². The smallest absolute Gasteiger partial charge is 0.0758 e. The van der Waals surface area contributed by atoms with Gasteiger partial charge in [0.05, 0.1) is 6.10 Å². The van der Waals surface area contributed by atoms with Crippen LogP contribution in [0.3, 0.4) is 0 Å². The number of allylic oxidation sites excluding steroid dienone is 1. The quantitative estimate of drug-likeness (QED) is 0.661. The zero-order valence-electron chi connectivity index (χ0n) is 9.14. The van der Waals surface area contributed by atoms with Crippen LogP contribution in [-0.4, -0.2) is 11.2 Å². The van der Waals surface area contributed by atoms with E-state index >= 15 is 0 Å². The van der Waals surface area contributed by atoms with Gasteiger partial charge < -0.3 is 5.11 Å². The van der Waals surface area contributed by atoms with E-state index in [4.69, 9.17) is 0 Å². The second kappa shape index (κ2) is 4.80. The summed E-state index contributed by atoms with van der Waals surface area (Å²) < 4.78 is 0. The van der Waals surface area contributed by atoms with Crippen LogP contribution in [0.2, 0.25) is 0 Å². The van der Waals surface area contributed by atoms with Crippen LogP contribution >= 0.6 is 0 Å². The third kappa shape index (κ3) is 2.14. The molecule has 1 N–H and O–H groups in total. The molecule has 1 aliphatic carbocycles. The molecule has 13 heavy (non-hydrogen) atoms. The molecule has 2 atom stereocenters. The summed E-state index contributed by atoms with van der Waals surface area (Å²) in [7, 11) is 0. The summed E-state index contributed by atoms with van der Waals surface area (Å²) in [4.78, 5) is 0. The van der Waals surface area contributed by atoms with Crippen LogP contribution in [0.1, 0.15) is 52.9 Å². The number of hydrogen-bond acceptors (Lipinski definition) is 1. The topological polar surface area (TPSA) is 20.2 Å². The maximum atomic E-state index is 9.83. The van der Waals surface area contributed by atoms with Crippen molar-refractivity contribution in [3.63, 3.8) is 0 Å². The molecule has 0 spiro atoms. The maximum absolute atomic E-state index is 9.83. The Morgan fingerprint density at radius 3 is 2.23 bits per heavy atom. The second-order valence-corrected chi connectivity index (χ2v) is 3.99. The Labute approximate surface area is 81.9 Å². The lowest BCUT2D eigenvalue weighted by atomic mass is 9.93. The molecular weight excluding hydrogens is 160 g/mol. The van der Waals surface area contributed by atoms with Crippen LogP contribution < -0.4 is 0 Å². The highest BCUT2D eigenvalue weighted by molar-refractivity contribution is 5.26. The molecule has 0 radical (unpaired) electrons. The molecule has 1 nitrogen and oxygen atoms in total. The van der Waals surface area contributed by atoms with Gasteiger partial charge in [-0.3, -0.25) is 0 Å². The van der Waals surface area contributed by atoms with E-state index < -0.39 is 0 Å². The summed E-state index contributed by atoms with van der Waals surface area (Å²) in [5.74, 6) is 0.681. The zero-order chi connectivity index (χ0) is 9.84. The fourth-order valence-electron chi connectivity index (χ4n) is 2.65. The Hall–Kier alpha value is -0.300. The van der Waals surface area contributed by atoms with Gasteiger partial charge in [-0.05, 0) is 37.2 Å². The summed E-state index contributed by atoms with van der Waals surface area (Å²) in [5.41, 5.74) is 2.89. The van der Waals surface area contributed by atoms with Crippen molar-refractivity contribution in [3.8, 4) is 0 Å². The van der Waals surface area contributed by atoms with Gasteiger partial charge in [0.15, 0.2) is 0 Å². The minimum Gasteiger partial charge on any atom is -0.389 e. The molecule has 1 aliphatic rings. The molecule has 0 saturated carbocycles. The van der Waals surface area contributed by atoms with Crippen LogP contribution in [0.4, 0.5) is 0 Å². The minimum atomic E-state index is -0.128. The van der Waals surface area contributed by atoms with Crippen LogP contribution in [-0.2, 0) is 0 Å². The summed E-state index contributed by atoms with van der Waals surface area (Å²) in [6.45, 7) is 6.60. The van der Waals surface area contributed by atoms with Gasteiger partial charge in [0, 0.05) is 0 Å². The minimum absolute atomic E-state index is 0.128. The lowest BCUT2D eigenvalue weighted by molar-refractivity contribution is 0.195. The van der Waals surface area contributed by atoms with E-state index in [2.05, 4.69) is 20.8 Å². The van der Waals surface area contributed by atoms with Gasteiger partial charge >= 0.3 is 0 Å². The highest BCUT2D eigenvalue weighted by Crippen LogP contribution is 2.38. The monoisotopic (exact) mass is 182 g/mol. The lowest BCUT2D eigenvalue weighted by Crippen LogP contribution is -2.05. The Kier molecular flexibility index (Phi) is 3.98. The standard InChI is InChI=1S/C12H22O/c1-4-7-9-8-12(13)11(6-3)10(9)5-2/h9,12-13H,4-8H2,1-3H3. The van der Waals surface area contributed by atoms with Gasteiger partial charge in [0.2, 0.25) is 0 Å². The van der Waals surface area contributed by atoms with Crippen molar-refractivity contribution < 1.29 is 5.11 Å². The number of aliphatic hydroxyl groups excluding tert-OH is 1. The van der Waals surface area contributed by atoms with E-state index in [0.717, 1.165) is 19.3 Å². The fraction of sp³-hybridized carbons (Fsp3) is 0.833. The average Bonchev–Trinajstić information content (AvgIpc) is 2.41. The number of aliphatic hydroxyl groups is 1. The Balaban J connectivity index is 2.76. The molecule has 0 fully saturated rings. The zero-order valence-corrected chi connectivity index (χ0v) is 9.14. The van der Waals surface area contributed by atoms with Gasteiger partial charge in [-0.15, -0.1) is 0 Å². The number of rotatable bonds is 4. The average molecular weight is 182 g/mol. The Morgan fingerprint density at radius 1 is 1.15 bits per heavy atom. The molecule has 76 valence electrons. The van der Waals surface area contributed by atoms with Crippen molar-refractivity contribution in [2.24, 2.45) is 5.92 Å². The van der Waals surface area contributed by atoms with Crippen LogP contribution in [0.15, 0.2) is 11.1 Å². The van der Waals surface area contributed by atoms with Gasteiger partial charge in [-0.25, -0.2) is 0 Å². The third-order valence-corrected chi connectivity index (χ3v) is 3.21. The first-order valence-corrected chi connectivity index (χ1v) is 5.64. The predicted octanol–water partition coefficient (Wildman–Crippen LogP) is 3.28. The molecular formula is C12H22O. The van der Waals surface area contributed by atoms with E-state index in [1.165, 1.54) is 18.4 Å². The Morgan fingerprint density at radius 2 is 1.77 bits per heavy atom. The van der Waals surface area contributed by atoms with Crippen molar-refractivity contribution in [1.82, 2.24) is 0 Å². The van der Waals surface area contributed by atoms with Crippen LogP contribution in [0, 0.1) is 5.92 Å². The first-order valence-electron chi connectivity index (χ1n) is 5.64. The van der Waals surface area contributed by atoms with E-state index in [1.54, 1.807) is 5.57 Å². The normalized spacial score (nSPS) is 28.6. The summed E-state index contributed by atoms with van der Waals surface area (Å²) in [6, 6.07) is 0. The maximum Gasteiger partial charge on any atom is 0.0758 e. The van der Waals surface area contributed by atoms with Crippen LogP contribution in [0.25, 0.3) is 0 Å². The van der Waals surface area contributed by atoms with Crippen LogP contribution in [0.5, 0.6) is 0 Å². The first-order chi connectivity index (χ1) is 6.24. The van der Waals surface area contributed by atoms with Crippen molar-refractivity contribution in [3.05, 3.63) is 11.1 Å². The number of hydrogen-bond donors (Lipinski definition) is 1. The summed E-state index contributed by atoms with van der Waals surface area (Å²) in [6.07, 6.45) is 5.51. The molecule has 1 rings (SSSR count). The largest absolute Gasteiger partial charge is 0.389 e. The highest BCUT2D eigenvalue weighted by atomic mass is 16.3. The summed E-state index contributed by atoms with van der Waals surface area (Å²) >= 11 is 0. The molecule has 0 aromatic carbocycles. The lowest BCUT2D eigenvalue weighted by Gasteiger charge is -2.12. The van der Waals surface area contributed by atoms with Crippen molar-refractivity contribution >= 4 is 0 Å². The van der Waals surface area contributed by atoms with E-state index in [-0.39, 0.29) is 6.10 Å². The van der Waals surface area contributed by atoms with Gasteiger partial charge in [0.1, 0.15) is 0 Å². The van der Waals surface area contributed by atoms with Crippen molar-refractivity contribution in [1.29, 1.82) is 0 Å². The molecule has 0 bridgehead atoms. The molecule has 0 aromatic heterocycles. The SMILES string of the molecule is CCCC1CC(O)C(CC)=C1CC. The fourth-order valence-corrected chi connectivity index (χ4v) is 2.65. The van der Waals surface area contributed by atoms with Crippen molar-refractivity contribution in [2.75, 3.05) is 0 Å². The van der Waals surface area contributed by atoms with Gasteiger partial charge in [-0.2, -0.15) is 0 Å². The van der Waals surface area contributed by atoms with E-state index in [9.17, 15) is 5.11 Å². The molecule has 0 amide bonds. The Bertz CT molecular complexity index is 193. The van der Waals surface area contributed by atoms with E-state index in [1.807, 2.05) is 0 Å². The second-order valence-electron chi connectivity index (χ2n) is 3.99.